The third-order valence-corrected chi connectivity index (χ3v) is 6.76. The zero-order chi connectivity index (χ0) is 25.8. The van der Waals surface area contributed by atoms with E-state index in [1.165, 1.54) is 24.3 Å². The molecule has 9 nitrogen and oxygen atoms in total. The highest BCUT2D eigenvalue weighted by atomic mass is 32.2. The van der Waals surface area contributed by atoms with E-state index in [9.17, 15) is 24.0 Å². The molecule has 1 atom stereocenters. The number of amides is 4. The summed E-state index contributed by atoms with van der Waals surface area (Å²) in [6.45, 7) is 1.43. The number of ether oxygens (including phenoxy) is 1. The number of thioether (sulfide) groups is 1. The second-order valence-electron chi connectivity index (χ2n) is 7.85. The zero-order valence-corrected chi connectivity index (χ0v) is 20.8. The topological polar surface area (TPSA) is 113 Å². The molecule has 11 heteroatoms. The van der Waals surface area contributed by atoms with Gasteiger partial charge in [0.05, 0.1) is 23.5 Å². The summed E-state index contributed by atoms with van der Waals surface area (Å²) in [5.74, 6) is -2.77. The van der Waals surface area contributed by atoms with Crippen LogP contribution in [0.1, 0.15) is 29.3 Å². The molecule has 2 fully saturated rings. The van der Waals surface area contributed by atoms with Crippen LogP contribution in [-0.4, -0.2) is 62.9 Å². The minimum atomic E-state index is -1.09. The number of likely N-dealkylation sites (tertiary alicyclic amines) is 1. The third-order valence-electron chi connectivity index (χ3n) is 5.43. The van der Waals surface area contributed by atoms with Crippen LogP contribution in [0.2, 0.25) is 0 Å². The fourth-order valence-electron chi connectivity index (χ4n) is 3.73. The first-order chi connectivity index (χ1) is 17.3. The number of carbonyl (C=O) groups excluding carboxylic acids is 5. The summed E-state index contributed by atoms with van der Waals surface area (Å²) in [6.07, 6.45) is 1.42. The maximum atomic E-state index is 13.0. The van der Waals surface area contributed by atoms with Crippen LogP contribution in [0.25, 0.3) is 6.08 Å². The van der Waals surface area contributed by atoms with Crippen molar-refractivity contribution >= 4 is 69.7 Å². The summed E-state index contributed by atoms with van der Waals surface area (Å²) in [5.41, 5.74) is 1.51. The molecule has 1 N–H and O–H groups in total. The van der Waals surface area contributed by atoms with Crippen LogP contribution in [0.15, 0.2) is 59.5 Å². The molecule has 0 aromatic heterocycles. The van der Waals surface area contributed by atoms with E-state index in [4.69, 9.17) is 17.0 Å². The van der Waals surface area contributed by atoms with Gasteiger partial charge in [0.25, 0.3) is 11.8 Å². The number of benzene rings is 2. The number of hydrogen-bond acceptors (Lipinski definition) is 8. The van der Waals surface area contributed by atoms with E-state index >= 15 is 0 Å². The largest absolute Gasteiger partial charge is 0.462 e. The Balaban J connectivity index is 1.40. The standard InChI is InChI=1S/C25H21N3O6S2/c1-2-34-24(33)16-8-10-17(11-9-16)26-20(29)14-27-21(30)13-18(22(27)31)28-23(32)19(36-25(28)35)12-15-6-4-3-5-7-15/h3-12,18H,2,13-14H2,1H3,(H,26,29)/b19-12+/t18-/m0/s1. The van der Waals surface area contributed by atoms with E-state index in [-0.39, 0.29) is 17.3 Å². The molecule has 2 heterocycles. The molecule has 4 rings (SSSR count). The Labute approximate surface area is 216 Å². The van der Waals surface area contributed by atoms with Gasteiger partial charge in [-0.15, -0.1) is 0 Å². The van der Waals surface area contributed by atoms with E-state index < -0.39 is 42.2 Å². The van der Waals surface area contributed by atoms with Crippen LogP contribution >= 0.6 is 24.0 Å². The van der Waals surface area contributed by atoms with Gasteiger partial charge in [-0.2, -0.15) is 0 Å². The molecule has 2 aliphatic heterocycles. The molecule has 2 saturated heterocycles. The van der Waals surface area contributed by atoms with Crippen LogP contribution in [0.3, 0.4) is 0 Å². The Kier molecular flexibility index (Phi) is 7.61. The first-order valence-corrected chi connectivity index (χ1v) is 12.2. The maximum absolute atomic E-state index is 13.0. The molecule has 0 radical (unpaired) electrons. The summed E-state index contributed by atoms with van der Waals surface area (Å²) >= 11 is 6.39. The number of esters is 1. The van der Waals surface area contributed by atoms with Crippen LogP contribution < -0.4 is 5.32 Å². The van der Waals surface area contributed by atoms with E-state index in [0.717, 1.165) is 27.1 Å². The third kappa shape index (κ3) is 5.37. The number of thiocarbonyl (C=S) groups is 1. The van der Waals surface area contributed by atoms with Gasteiger partial charge in [-0.25, -0.2) is 4.79 Å². The summed E-state index contributed by atoms with van der Waals surface area (Å²) in [4.78, 5) is 65.2. The van der Waals surface area contributed by atoms with Crippen LogP contribution in [0.5, 0.6) is 0 Å². The Morgan fingerprint density at radius 1 is 1.11 bits per heavy atom. The van der Waals surface area contributed by atoms with Crippen molar-refractivity contribution in [3.05, 3.63) is 70.6 Å². The Morgan fingerprint density at radius 2 is 1.81 bits per heavy atom. The SMILES string of the molecule is CCOC(=O)c1ccc(NC(=O)CN2C(=O)C[C@H](N3C(=O)/C(=C\c4ccccc4)SC3=S)C2=O)cc1. The predicted molar refractivity (Wildman–Crippen MR) is 138 cm³/mol. The number of imide groups is 1. The normalized spacial score (nSPS) is 18.8. The molecule has 0 aliphatic carbocycles. The van der Waals surface area contributed by atoms with Gasteiger partial charge < -0.3 is 10.1 Å². The Bertz CT molecular complexity index is 1280. The minimum Gasteiger partial charge on any atom is -0.462 e. The van der Waals surface area contributed by atoms with Crippen molar-refractivity contribution in [2.75, 3.05) is 18.5 Å². The fourth-order valence-corrected chi connectivity index (χ4v) is 5.09. The molecule has 36 heavy (non-hydrogen) atoms. The van der Waals surface area contributed by atoms with Gasteiger partial charge in [-0.05, 0) is 42.8 Å². The van der Waals surface area contributed by atoms with E-state index in [1.807, 2.05) is 30.3 Å². The summed E-state index contributed by atoms with van der Waals surface area (Å²) in [6, 6.07) is 14.1. The number of carbonyl (C=O) groups is 5. The van der Waals surface area contributed by atoms with Gasteiger partial charge in [0.1, 0.15) is 16.9 Å². The van der Waals surface area contributed by atoms with Gasteiger partial charge in [0.15, 0.2) is 0 Å². The lowest BCUT2D eigenvalue weighted by Gasteiger charge is -2.21. The van der Waals surface area contributed by atoms with Gasteiger partial charge in [0.2, 0.25) is 11.8 Å². The molecule has 0 saturated carbocycles. The van der Waals surface area contributed by atoms with Crippen molar-refractivity contribution in [2.24, 2.45) is 0 Å². The first-order valence-electron chi connectivity index (χ1n) is 11.0. The van der Waals surface area contributed by atoms with E-state index in [0.29, 0.717) is 16.2 Å². The summed E-state index contributed by atoms with van der Waals surface area (Å²) in [7, 11) is 0. The lowest BCUT2D eigenvalue weighted by atomic mass is 10.2. The van der Waals surface area contributed by atoms with Crippen molar-refractivity contribution in [3.8, 4) is 0 Å². The zero-order valence-electron chi connectivity index (χ0n) is 19.1. The van der Waals surface area contributed by atoms with Crippen molar-refractivity contribution in [2.45, 2.75) is 19.4 Å². The van der Waals surface area contributed by atoms with Crippen molar-refractivity contribution in [1.82, 2.24) is 9.80 Å². The van der Waals surface area contributed by atoms with Gasteiger partial charge in [0, 0.05) is 5.69 Å². The van der Waals surface area contributed by atoms with E-state index in [1.54, 1.807) is 13.0 Å². The lowest BCUT2D eigenvalue weighted by Crippen LogP contribution is -2.45. The number of rotatable bonds is 7. The van der Waals surface area contributed by atoms with Crippen molar-refractivity contribution < 1.29 is 28.7 Å². The van der Waals surface area contributed by atoms with E-state index in [2.05, 4.69) is 5.32 Å². The average molecular weight is 524 g/mol. The molecule has 0 unspecified atom stereocenters. The molecule has 0 bridgehead atoms. The second kappa shape index (κ2) is 10.8. The highest BCUT2D eigenvalue weighted by Crippen LogP contribution is 2.36. The van der Waals surface area contributed by atoms with Gasteiger partial charge in [-0.1, -0.05) is 54.3 Å². The molecule has 4 amide bonds. The monoisotopic (exact) mass is 523 g/mol. The van der Waals surface area contributed by atoms with Crippen LogP contribution in [-0.2, 0) is 23.9 Å². The highest BCUT2D eigenvalue weighted by Gasteiger charge is 2.48. The number of nitrogens with zero attached hydrogens (tertiary/aromatic N) is 2. The quantitative estimate of drug-likeness (QED) is 0.255. The number of anilines is 1. The second-order valence-corrected chi connectivity index (χ2v) is 9.52. The average Bonchev–Trinajstić information content (AvgIpc) is 3.28. The molecule has 2 aliphatic rings. The molecule has 0 spiro atoms. The fraction of sp³-hybridized carbons (Fsp3) is 0.200. The lowest BCUT2D eigenvalue weighted by molar-refractivity contribution is -0.143. The number of hydrogen-bond donors (Lipinski definition) is 1. The Morgan fingerprint density at radius 3 is 2.47 bits per heavy atom. The minimum absolute atomic E-state index is 0.182. The van der Waals surface area contributed by atoms with Crippen LogP contribution in [0, 0.1) is 0 Å². The molecule has 2 aromatic rings. The summed E-state index contributed by atoms with van der Waals surface area (Å²) in [5, 5.41) is 2.59. The molecular weight excluding hydrogens is 502 g/mol. The van der Waals surface area contributed by atoms with Crippen molar-refractivity contribution in [3.63, 3.8) is 0 Å². The van der Waals surface area contributed by atoms with Gasteiger partial charge >= 0.3 is 5.97 Å². The van der Waals surface area contributed by atoms with Gasteiger partial charge in [-0.3, -0.25) is 29.0 Å². The molecule has 2 aromatic carbocycles. The van der Waals surface area contributed by atoms with Crippen LogP contribution in [0.4, 0.5) is 5.69 Å². The predicted octanol–water partition coefficient (Wildman–Crippen LogP) is 2.83. The molecule has 184 valence electrons. The Hall–Kier alpha value is -3.83. The summed E-state index contributed by atoms with van der Waals surface area (Å²) < 4.78 is 5.10. The highest BCUT2D eigenvalue weighted by molar-refractivity contribution is 8.26. The molecular formula is C25H21N3O6S2. The first kappa shape index (κ1) is 25.3. The number of nitrogens with one attached hydrogen (secondary N) is 1. The smallest absolute Gasteiger partial charge is 0.338 e. The maximum Gasteiger partial charge on any atom is 0.338 e. The van der Waals surface area contributed by atoms with Crippen molar-refractivity contribution in [1.29, 1.82) is 0 Å².